The zero-order valence-electron chi connectivity index (χ0n) is 11.9. The van der Waals surface area contributed by atoms with E-state index in [1.807, 2.05) is 11.6 Å². The van der Waals surface area contributed by atoms with E-state index in [0.717, 1.165) is 31.4 Å². The van der Waals surface area contributed by atoms with E-state index in [2.05, 4.69) is 17.2 Å². The van der Waals surface area contributed by atoms with Gasteiger partial charge in [-0.05, 0) is 26.2 Å². The monoisotopic (exact) mass is 265 g/mol. The lowest BCUT2D eigenvalue weighted by Crippen LogP contribution is -2.18. The normalized spacial score (nSPS) is 16.5. The van der Waals surface area contributed by atoms with Crippen molar-refractivity contribution in [2.24, 2.45) is 0 Å². The molecule has 0 atom stereocenters. The largest absolute Gasteiger partial charge is 0.461 e. The average molecular weight is 265 g/mol. The maximum absolute atomic E-state index is 11.9. The van der Waals surface area contributed by atoms with Crippen LogP contribution >= 0.6 is 0 Å². The summed E-state index contributed by atoms with van der Waals surface area (Å²) in [7, 11) is 0. The predicted molar refractivity (Wildman–Crippen MR) is 72.1 cm³/mol. The van der Waals surface area contributed by atoms with Gasteiger partial charge in [0.05, 0.1) is 18.3 Å². The molecule has 106 valence electrons. The van der Waals surface area contributed by atoms with E-state index in [1.54, 1.807) is 0 Å². The maximum Gasteiger partial charge on any atom is 0.360 e. The molecule has 0 unspecified atom stereocenters. The van der Waals surface area contributed by atoms with Gasteiger partial charge in [-0.15, -0.1) is 5.10 Å². The van der Waals surface area contributed by atoms with Crippen LogP contribution in [-0.4, -0.2) is 27.6 Å². The molecule has 1 aromatic rings. The van der Waals surface area contributed by atoms with Gasteiger partial charge in [-0.2, -0.15) is 0 Å². The Bertz CT molecular complexity index is 422. The summed E-state index contributed by atoms with van der Waals surface area (Å²) in [5.41, 5.74) is 1.36. The van der Waals surface area contributed by atoms with Crippen molar-refractivity contribution in [2.45, 2.75) is 64.8 Å². The number of hydrogen-bond acceptors (Lipinski definition) is 4. The molecule has 0 spiro atoms. The van der Waals surface area contributed by atoms with Crippen molar-refractivity contribution in [1.82, 2.24) is 15.0 Å². The summed E-state index contributed by atoms with van der Waals surface area (Å²) in [6, 6.07) is 0.408. The number of carbonyl (C=O) groups excluding carboxylic acids is 1. The fraction of sp³-hybridized carbons (Fsp3) is 0.786. The summed E-state index contributed by atoms with van der Waals surface area (Å²) in [6.45, 7) is 4.29. The maximum atomic E-state index is 11.9. The lowest BCUT2D eigenvalue weighted by Gasteiger charge is -2.23. The summed E-state index contributed by atoms with van der Waals surface area (Å²) in [5, 5.41) is 8.29. The molecule has 0 aromatic carbocycles. The third kappa shape index (κ3) is 3.14. The Hall–Kier alpha value is -1.39. The molecule has 0 N–H and O–H groups in total. The number of aromatic nitrogens is 3. The molecule has 5 heteroatoms. The molecular weight excluding hydrogens is 242 g/mol. The molecule has 1 aliphatic carbocycles. The molecule has 0 saturated heterocycles. The average Bonchev–Trinajstić information content (AvgIpc) is 2.84. The standard InChI is InChI=1S/C14H23N3O2/c1-3-8-12-13(14(18)19-4-2)15-16-17(12)11-9-6-5-7-10-11/h11H,3-10H2,1-2H3. The van der Waals surface area contributed by atoms with E-state index in [4.69, 9.17) is 4.74 Å². The first kappa shape index (κ1) is 14.0. The minimum atomic E-state index is -0.340. The van der Waals surface area contributed by atoms with E-state index in [9.17, 15) is 4.79 Å². The molecule has 0 amide bonds. The quantitative estimate of drug-likeness (QED) is 0.768. The highest BCUT2D eigenvalue weighted by molar-refractivity contribution is 5.88. The Kier molecular flexibility index (Phi) is 4.93. The second-order valence-corrected chi connectivity index (χ2v) is 5.09. The molecule has 1 saturated carbocycles. The first-order valence-electron chi connectivity index (χ1n) is 7.39. The van der Waals surface area contributed by atoms with Crippen molar-refractivity contribution in [3.05, 3.63) is 11.4 Å². The van der Waals surface area contributed by atoms with E-state index in [1.165, 1.54) is 19.3 Å². The van der Waals surface area contributed by atoms with E-state index in [0.29, 0.717) is 18.3 Å². The van der Waals surface area contributed by atoms with Gasteiger partial charge in [-0.3, -0.25) is 0 Å². The smallest absolute Gasteiger partial charge is 0.360 e. The van der Waals surface area contributed by atoms with Crippen LogP contribution in [0.2, 0.25) is 0 Å². The van der Waals surface area contributed by atoms with E-state index >= 15 is 0 Å². The van der Waals surface area contributed by atoms with Gasteiger partial charge in [-0.1, -0.05) is 37.8 Å². The fourth-order valence-electron chi connectivity index (χ4n) is 2.76. The van der Waals surface area contributed by atoms with Crippen molar-refractivity contribution in [3.63, 3.8) is 0 Å². The molecule has 0 bridgehead atoms. The van der Waals surface area contributed by atoms with Crippen LogP contribution in [0.25, 0.3) is 0 Å². The van der Waals surface area contributed by atoms with Gasteiger partial charge in [0.1, 0.15) is 0 Å². The molecule has 0 aliphatic heterocycles. The van der Waals surface area contributed by atoms with E-state index in [-0.39, 0.29) is 5.97 Å². The summed E-state index contributed by atoms with van der Waals surface area (Å²) in [6.07, 6.45) is 7.88. The molecule has 1 aliphatic rings. The SMILES string of the molecule is CCCc1c(C(=O)OCC)nnn1C1CCCCC1. The second-order valence-electron chi connectivity index (χ2n) is 5.09. The number of carbonyl (C=O) groups is 1. The van der Waals surface area contributed by atoms with Crippen molar-refractivity contribution in [1.29, 1.82) is 0 Å². The molecule has 19 heavy (non-hydrogen) atoms. The van der Waals surface area contributed by atoms with Crippen molar-refractivity contribution in [2.75, 3.05) is 6.61 Å². The number of nitrogens with zero attached hydrogens (tertiary/aromatic N) is 3. The van der Waals surface area contributed by atoms with Crippen LogP contribution in [0.4, 0.5) is 0 Å². The van der Waals surface area contributed by atoms with Crippen LogP contribution in [0.1, 0.15) is 74.6 Å². The summed E-state index contributed by atoms with van der Waals surface area (Å²) in [4.78, 5) is 11.9. The van der Waals surface area contributed by atoms with Gasteiger partial charge in [-0.25, -0.2) is 9.48 Å². The summed E-state index contributed by atoms with van der Waals surface area (Å²) in [5.74, 6) is -0.340. The Morgan fingerprint density at radius 1 is 1.32 bits per heavy atom. The highest BCUT2D eigenvalue weighted by Gasteiger charge is 2.25. The molecule has 5 nitrogen and oxygen atoms in total. The van der Waals surface area contributed by atoms with E-state index < -0.39 is 0 Å². The topological polar surface area (TPSA) is 57.0 Å². The van der Waals surface area contributed by atoms with Crippen molar-refractivity contribution < 1.29 is 9.53 Å². The third-order valence-electron chi connectivity index (χ3n) is 3.67. The third-order valence-corrected chi connectivity index (χ3v) is 3.67. The van der Waals surface area contributed by atoms with Crippen LogP contribution in [0.15, 0.2) is 0 Å². The molecule has 1 fully saturated rings. The van der Waals surface area contributed by atoms with Crippen molar-refractivity contribution in [3.8, 4) is 0 Å². The predicted octanol–water partition coefficient (Wildman–Crippen LogP) is 2.91. The highest BCUT2D eigenvalue weighted by atomic mass is 16.5. The summed E-state index contributed by atoms with van der Waals surface area (Å²) >= 11 is 0. The van der Waals surface area contributed by atoms with Gasteiger partial charge in [0.2, 0.25) is 0 Å². The number of ether oxygens (including phenoxy) is 1. The second kappa shape index (κ2) is 6.68. The molecule has 1 aromatic heterocycles. The number of hydrogen-bond donors (Lipinski definition) is 0. The Labute approximate surface area is 114 Å². The van der Waals surface area contributed by atoms with Crippen LogP contribution < -0.4 is 0 Å². The zero-order valence-corrected chi connectivity index (χ0v) is 11.9. The van der Waals surface area contributed by atoms with Gasteiger partial charge in [0.15, 0.2) is 5.69 Å². The van der Waals surface area contributed by atoms with Gasteiger partial charge >= 0.3 is 5.97 Å². The minimum absolute atomic E-state index is 0.340. The fourth-order valence-corrected chi connectivity index (χ4v) is 2.76. The number of esters is 1. The van der Waals surface area contributed by atoms with Crippen LogP contribution in [0, 0.1) is 0 Å². The highest BCUT2D eigenvalue weighted by Crippen LogP contribution is 2.29. The summed E-state index contributed by atoms with van der Waals surface area (Å²) < 4.78 is 7.04. The molecular formula is C14H23N3O2. The van der Waals surface area contributed by atoms with Crippen LogP contribution in [0.5, 0.6) is 0 Å². The minimum Gasteiger partial charge on any atom is -0.461 e. The first-order valence-corrected chi connectivity index (χ1v) is 7.39. The van der Waals surface area contributed by atoms with Gasteiger partial charge in [0, 0.05) is 0 Å². The lowest BCUT2D eigenvalue weighted by molar-refractivity contribution is 0.0518. The van der Waals surface area contributed by atoms with Crippen molar-refractivity contribution >= 4 is 5.97 Å². The van der Waals surface area contributed by atoms with Gasteiger partial charge in [0.25, 0.3) is 0 Å². The first-order chi connectivity index (χ1) is 9.27. The lowest BCUT2D eigenvalue weighted by atomic mass is 9.95. The Balaban J connectivity index is 2.25. The molecule has 2 rings (SSSR count). The van der Waals surface area contributed by atoms with Gasteiger partial charge < -0.3 is 4.74 Å². The van der Waals surface area contributed by atoms with Crippen LogP contribution in [0.3, 0.4) is 0 Å². The van der Waals surface area contributed by atoms with Crippen LogP contribution in [-0.2, 0) is 11.2 Å². The zero-order chi connectivity index (χ0) is 13.7. The number of rotatable bonds is 5. The Morgan fingerprint density at radius 2 is 2.05 bits per heavy atom. The molecule has 0 radical (unpaired) electrons. The Morgan fingerprint density at radius 3 is 2.68 bits per heavy atom. The molecule has 1 heterocycles.